The minimum absolute atomic E-state index is 0.263. The van der Waals surface area contributed by atoms with Crippen LogP contribution in [0.1, 0.15) is 49.6 Å². The second-order valence-corrected chi connectivity index (χ2v) is 9.37. The van der Waals surface area contributed by atoms with Crippen LogP contribution < -0.4 is 5.32 Å². The standard InChI is InChI=1S/C28H32N3O4P/c1-2-3-10-22(21-11-5-4-6-12-21)19-27-30-31-28(35-27)26-16-15-23(24-13-7-8-14-25(24)26)20-29-17-9-18-34-36(32)33/h4-8,11-16,19,29,36H,2-3,9-10,17-18,20H2,1H3,(H,32,33)/b22-19+. The summed E-state index contributed by atoms with van der Waals surface area (Å²) in [5, 5.41) is 14.2. The summed E-state index contributed by atoms with van der Waals surface area (Å²) in [7, 11) is -2.86. The Morgan fingerprint density at radius 2 is 1.81 bits per heavy atom. The van der Waals surface area contributed by atoms with Gasteiger partial charge in [-0.1, -0.05) is 74.0 Å². The van der Waals surface area contributed by atoms with Crippen LogP contribution in [0, 0.1) is 0 Å². The molecular weight excluding hydrogens is 473 g/mol. The Labute approximate surface area is 212 Å². The molecule has 1 aromatic heterocycles. The van der Waals surface area contributed by atoms with Crippen molar-refractivity contribution in [3.8, 4) is 11.5 Å². The highest BCUT2D eigenvalue weighted by atomic mass is 31.1. The van der Waals surface area contributed by atoms with Gasteiger partial charge < -0.3 is 19.2 Å². The quantitative estimate of drug-likeness (QED) is 0.158. The van der Waals surface area contributed by atoms with Gasteiger partial charge in [-0.25, -0.2) is 0 Å². The average Bonchev–Trinajstić information content (AvgIpc) is 3.37. The van der Waals surface area contributed by atoms with Crippen molar-refractivity contribution in [1.82, 2.24) is 15.5 Å². The Hall–Kier alpha value is -3.09. The van der Waals surface area contributed by atoms with Crippen LogP contribution in [0.3, 0.4) is 0 Å². The molecule has 188 valence electrons. The summed E-state index contributed by atoms with van der Waals surface area (Å²) in [5.74, 6) is 0.999. The lowest BCUT2D eigenvalue weighted by atomic mass is 9.99. The minimum atomic E-state index is -2.86. The Morgan fingerprint density at radius 3 is 2.58 bits per heavy atom. The van der Waals surface area contributed by atoms with Crippen LogP contribution in [0.5, 0.6) is 0 Å². The summed E-state index contributed by atoms with van der Waals surface area (Å²) in [6.07, 6.45) is 5.82. The zero-order chi connectivity index (χ0) is 25.2. The zero-order valence-corrected chi connectivity index (χ0v) is 21.4. The molecule has 0 aliphatic rings. The molecule has 0 saturated carbocycles. The van der Waals surface area contributed by atoms with E-state index in [0.717, 1.165) is 41.2 Å². The van der Waals surface area contributed by atoms with Gasteiger partial charge in [-0.2, -0.15) is 0 Å². The van der Waals surface area contributed by atoms with E-state index in [1.165, 1.54) is 11.1 Å². The highest BCUT2D eigenvalue weighted by molar-refractivity contribution is 7.32. The molecule has 8 heteroatoms. The number of hydrogen-bond donors (Lipinski definition) is 2. The summed E-state index contributed by atoms with van der Waals surface area (Å²) >= 11 is 0. The van der Waals surface area contributed by atoms with Crippen LogP contribution in [0.4, 0.5) is 0 Å². The maximum atomic E-state index is 10.6. The Kier molecular flexibility index (Phi) is 9.59. The number of aromatic nitrogens is 2. The Bertz CT molecular complexity index is 1320. The third kappa shape index (κ3) is 6.99. The topological polar surface area (TPSA) is 97.5 Å². The van der Waals surface area contributed by atoms with Crippen molar-refractivity contribution >= 4 is 30.7 Å². The monoisotopic (exact) mass is 505 g/mol. The molecule has 7 nitrogen and oxygen atoms in total. The number of nitrogens with one attached hydrogen (secondary N) is 1. The molecule has 4 aromatic rings. The van der Waals surface area contributed by atoms with Crippen molar-refractivity contribution in [3.05, 3.63) is 83.7 Å². The van der Waals surface area contributed by atoms with E-state index in [0.29, 0.717) is 31.3 Å². The lowest BCUT2D eigenvalue weighted by molar-refractivity contribution is 0.276. The Balaban J connectivity index is 1.54. The molecule has 3 aromatic carbocycles. The molecule has 0 spiro atoms. The highest BCUT2D eigenvalue weighted by Crippen LogP contribution is 2.31. The predicted octanol–water partition coefficient (Wildman–Crippen LogP) is 6.50. The van der Waals surface area contributed by atoms with Gasteiger partial charge in [0.25, 0.3) is 0 Å². The number of allylic oxidation sites excluding steroid dienone is 1. The van der Waals surface area contributed by atoms with E-state index in [1.54, 1.807) is 0 Å². The van der Waals surface area contributed by atoms with Gasteiger partial charge in [0.2, 0.25) is 11.8 Å². The van der Waals surface area contributed by atoms with Crippen molar-refractivity contribution in [1.29, 1.82) is 0 Å². The number of fused-ring (bicyclic) bond motifs is 1. The van der Waals surface area contributed by atoms with Crippen molar-refractivity contribution < 1.29 is 18.4 Å². The fourth-order valence-electron chi connectivity index (χ4n) is 4.15. The number of nitrogens with zero attached hydrogens (tertiary/aromatic N) is 2. The van der Waals surface area contributed by atoms with E-state index in [1.807, 2.05) is 42.5 Å². The molecule has 0 radical (unpaired) electrons. The van der Waals surface area contributed by atoms with E-state index in [4.69, 9.17) is 13.8 Å². The van der Waals surface area contributed by atoms with E-state index in [-0.39, 0.29) is 6.61 Å². The maximum Gasteiger partial charge on any atom is 0.316 e. The van der Waals surface area contributed by atoms with Crippen LogP contribution in [0.15, 0.2) is 71.1 Å². The number of hydrogen-bond acceptors (Lipinski definition) is 6. The summed E-state index contributed by atoms with van der Waals surface area (Å²) in [4.78, 5) is 8.74. The maximum absolute atomic E-state index is 10.6. The third-order valence-electron chi connectivity index (χ3n) is 5.97. The van der Waals surface area contributed by atoms with Crippen LogP contribution >= 0.6 is 8.25 Å². The SMILES string of the molecule is CCCC/C(=C\c1nnc(-c2ccc(CNCCCO[PH](=O)O)c3ccccc23)o1)c1ccccc1. The first kappa shape index (κ1) is 26.0. The van der Waals surface area contributed by atoms with E-state index in [2.05, 4.69) is 52.8 Å². The second-order valence-electron chi connectivity index (χ2n) is 8.55. The molecule has 0 bridgehead atoms. The Morgan fingerprint density at radius 1 is 1.03 bits per heavy atom. The van der Waals surface area contributed by atoms with Gasteiger partial charge in [-0.05, 0) is 59.3 Å². The number of unbranched alkanes of at least 4 members (excludes halogenated alkanes) is 1. The molecule has 1 atom stereocenters. The van der Waals surface area contributed by atoms with Crippen molar-refractivity contribution in [2.45, 2.75) is 39.2 Å². The van der Waals surface area contributed by atoms with Gasteiger partial charge in [0.15, 0.2) is 0 Å². The molecule has 1 heterocycles. The molecule has 0 fully saturated rings. The van der Waals surface area contributed by atoms with Gasteiger partial charge in [0, 0.05) is 18.2 Å². The van der Waals surface area contributed by atoms with Crippen LogP contribution in [-0.2, 0) is 15.6 Å². The first-order valence-corrected chi connectivity index (χ1v) is 13.6. The molecule has 4 rings (SSSR count). The van der Waals surface area contributed by atoms with E-state index < -0.39 is 8.25 Å². The summed E-state index contributed by atoms with van der Waals surface area (Å²) < 4.78 is 21.5. The predicted molar refractivity (Wildman–Crippen MR) is 145 cm³/mol. The largest absolute Gasteiger partial charge is 0.417 e. The fraction of sp³-hybridized carbons (Fsp3) is 0.286. The molecule has 1 unspecified atom stereocenters. The molecule has 2 N–H and O–H groups in total. The highest BCUT2D eigenvalue weighted by Gasteiger charge is 2.14. The molecule has 0 aliphatic heterocycles. The number of rotatable bonds is 13. The van der Waals surface area contributed by atoms with Gasteiger partial charge in [-0.3, -0.25) is 4.57 Å². The first-order valence-electron chi connectivity index (χ1n) is 12.3. The molecule has 0 amide bonds. The van der Waals surface area contributed by atoms with Gasteiger partial charge >= 0.3 is 8.25 Å². The van der Waals surface area contributed by atoms with Gasteiger partial charge in [-0.15, -0.1) is 10.2 Å². The third-order valence-corrected chi connectivity index (χ3v) is 6.42. The second kappa shape index (κ2) is 13.3. The number of benzene rings is 3. The summed E-state index contributed by atoms with van der Waals surface area (Å²) in [6, 6.07) is 22.6. The van der Waals surface area contributed by atoms with Gasteiger partial charge in [0.1, 0.15) is 0 Å². The van der Waals surface area contributed by atoms with Crippen molar-refractivity contribution in [2.24, 2.45) is 0 Å². The molecule has 36 heavy (non-hydrogen) atoms. The molecule has 0 aliphatic carbocycles. The van der Waals surface area contributed by atoms with E-state index in [9.17, 15) is 4.57 Å². The van der Waals surface area contributed by atoms with Crippen LogP contribution in [0.25, 0.3) is 33.9 Å². The molecule has 0 saturated heterocycles. The first-order chi connectivity index (χ1) is 17.7. The zero-order valence-electron chi connectivity index (χ0n) is 20.4. The summed E-state index contributed by atoms with van der Waals surface area (Å²) in [5.41, 5.74) is 4.41. The van der Waals surface area contributed by atoms with Crippen molar-refractivity contribution in [2.75, 3.05) is 13.2 Å². The normalized spacial score (nSPS) is 12.8. The van der Waals surface area contributed by atoms with Crippen molar-refractivity contribution in [3.63, 3.8) is 0 Å². The average molecular weight is 506 g/mol. The lowest BCUT2D eigenvalue weighted by Crippen LogP contribution is -2.16. The lowest BCUT2D eigenvalue weighted by Gasteiger charge is -2.10. The minimum Gasteiger partial charge on any atom is -0.417 e. The van der Waals surface area contributed by atoms with Crippen LogP contribution in [0.2, 0.25) is 0 Å². The smallest absolute Gasteiger partial charge is 0.316 e. The molecular formula is C28H32N3O4P. The fourth-order valence-corrected chi connectivity index (χ4v) is 4.47. The summed E-state index contributed by atoms with van der Waals surface area (Å²) in [6.45, 7) is 3.81. The van der Waals surface area contributed by atoms with Gasteiger partial charge in [0.05, 0.1) is 6.61 Å². The van der Waals surface area contributed by atoms with Crippen LogP contribution in [-0.4, -0.2) is 28.2 Å². The van der Waals surface area contributed by atoms with E-state index >= 15 is 0 Å².